The lowest BCUT2D eigenvalue weighted by Gasteiger charge is -2.31. The van der Waals surface area contributed by atoms with Gasteiger partial charge in [-0.15, -0.1) is 10.2 Å². The van der Waals surface area contributed by atoms with E-state index in [9.17, 15) is 8.42 Å². The third kappa shape index (κ3) is 5.24. The lowest BCUT2D eigenvalue weighted by molar-refractivity contribution is 0.222. The molecule has 9 nitrogen and oxygen atoms in total. The summed E-state index contributed by atoms with van der Waals surface area (Å²) in [6.07, 6.45) is 0. The van der Waals surface area contributed by atoms with Gasteiger partial charge in [0.25, 0.3) is 0 Å². The summed E-state index contributed by atoms with van der Waals surface area (Å²) in [5.41, 5.74) is 4.64. The molecular formula is C26H27ClN6O3S. The molecule has 0 atom stereocenters. The van der Waals surface area contributed by atoms with Crippen molar-refractivity contribution < 1.29 is 13.2 Å². The van der Waals surface area contributed by atoms with Crippen molar-refractivity contribution in [1.82, 2.24) is 24.4 Å². The van der Waals surface area contributed by atoms with Crippen LogP contribution in [0.4, 0.5) is 11.6 Å². The number of hydrogen-bond acceptors (Lipinski definition) is 8. The molecule has 37 heavy (non-hydrogen) atoms. The molecular weight excluding hydrogens is 512 g/mol. The number of aryl methyl sites for hydroxylation is 1. The summed E-state index contributed by atoms with van der Waals surface area (Å²) in [6, 6.07) is 16.0. The molecule has 1 aliphatic rings. The van der Waals surface area contributed by atoms with Crippen LogP contribution in [0.15, 0.2) is 59.5 Å². The highest BCUT2D eigenvalue weighted by atomic mass is 35.5. The molecule has 1 aliphatic heterocycles. The molecule has 0 amide bonds. The van der Waals surface area contributed by atoms with Gasteiger partial charge < -0.3 is 15.0 Å². The Balaban J connectivity index is 1.37. The molecule has 3 aromatic carbocycles. The van der Waals surface area contributed by atoms with Gasteiger partial charge in [0.05, 0.1) is 17.5 Å². The van der Waals surface area contributed by atoms with Gasteiger partial charge in [-0.05, 0) is 79.7 Å². The highest BCUT2D eigenvalue weighted by molar-refractivity contribution is 7.89. The first-order valence-electron chi connectivity index (χ1n) is 11.8. The van der Waals surface area contributed by atoms with Crippen LogP contribution in [0.25, 0.3) is 22.2 Å². The van der Waals surface area contributed by atoms with Gasteiger partial charge in [0, 0.05) is 42.5 Å². The lowest BCUT2D eigenvalue weighted by Crippen LogP contribution is -2.46. The first kappa shape index (κ1) is 25.3. The maximum atomic E-state index is 13.0. The van der Waals surface area contributed by atoms with Gasteiger partial charge in [-0.3, -0.25) is 0 Å². The van der Waals surface area contributed by atoms with E-state index < -0.39 is 10.0 Å². The van der Waals surface area contributed by atoms with E-state index in [2.05, 4.69) is 25.4 Å². The highest BCUT2D eigenvalue weighted by Crippen LogP contribution is 2.34. The molecule has 11 heteroatoms. The second kappa shape index (κ2) is 10.2. The number of anilines is 2. The van der Waals surface area contributed by atoms with Gasteiger partial charge in [-0.1, -0.05) is 11.6 Å². The Kier molecular flexibility index (Phi) is 7.00. The van der Waals surface area contributed by atoms with Crippen molar-refractivity contribution in [2.45, 2.75) is 11.8 Å². The van der Waals surface area contributed by atoms with E-state index in [4.69, 9.17) is 16.3 Å². The van der Waals surface area contributed by atoms with E-state index in [-0.39, 0.29) is 4.90 Å². The largest absolute Gasteiger partial charge is 0.497 e. The number of benzene rings is 3. The minimum absolute atomic E-state index is 0.264. The van der Waals surface area contributed by atoms with Crippen LogP contribution in [0.1, 0.15) is 5.56 Å². The van der Waals surface area contributed by atoms with Crippen LogP contribution < -0.4 is 10.1 Å². The minimum Gasteiger partial charge on any atom is -0.497 e. The molecule has 192 valence electrons. The highest BCUT2D eigenvalue weighted by Gasteiger charge is 2.27. The number of nitrogens with zero attached hydrogens (tertiary/aromatic N) is 5. The molecule has 1 N–H and O–H groups in total. The van der Waals surface area contributed by atoms with Crippen LogP contribution in [-0.4, -0.2) is 73.1 Å². The molecule has 4 aromatic rings. The van der Waals surface area contributed by atoms with Crippen LogP contribution in [0.2, 0.25) is 5.02 Å². The number of likely N-dealkylation sites (N-methyl/N-ethyl adjacent to an activating group) is 1. The van der Waals surface area contributed by atoms with E-state index in [0.29, 0.717) is 46.5 Å². The third-order valence-electron chi connectivity index (χ3n) is 6.45. The number of piperazine rings is 1. The Labute approximate surface area is 221 Å². The fourth-order valence-electron chi connectivity index (χ4n) is 4.29. The standard InChI is InChI=1S/C26H27ClN6O3S/c1-17-14-18(22-16-20(36-3)6-9-23(22)27)15-24-25(17)29-26(31-30-24)28-19-4-7-21(8-5-19)37(34,35)33-12-10-32(2)11-13-33/h4-9,14-16H,10-13H2,1-3H3,(H,28,29,31). The summed E-state index contributed by atoms with van der Waals surface area (Å²) < 4.78 is 32.8. The summed E-state index contributed by atoms with van der Waals surface area (Å²) in [6.45, 7) is 4.37. The molecule has 1 saturated heterocycles. The number of aromatic nitrogens is 3. The first-order chi connectivity index (χ1) is 17.7. The summed E-state index contributed by atoms with van der Waals surface area (Å²) in [5.74, 6) is 1.03. The van der Waals surface area contributed by atoms with Crippen molar-refractivity contribution in [3.05, 3.63) is 65.2 Å². The van der Waals surface area contributed by atoms with Gasteiger partial charge in [0.1, 0.15) is 11.3 Å². The molecule has 1 aromatic heterocycles. The number of methoxy groups -OCH3 is 1. The van der Waals surface area contributed by atoms with Gasteiger partial charge in [0.2, 0.25) is 16.0 Å². The van der Waals surface area contributed by atoms with E-state index in [1.165, 1.54) is 4.31 Å². The predicted molar refractivity (Wildman–Crippen MR) is 145 cm³/mol. The monoisotopic (exact) mass is 538 g/mol. The van der Waals surface area contributed by atoms with Crippen LogP contribution in [0.5, 0.6) is 5.75 Å². The summed E-state index contributed by atoms with van der Waals surface area (Å²) in [5, 5.41) is 12.3. The van der Waals surface area contributed by atoms with Crippen molar-refractivity contribution in [2.75, 3.05) is 45.7 Å². The van der Waals surface area contributed by atoms with E-state index in [1.54, 1.807) is 37.4 Å². The normalized spacial score (nSPS) is 15.1. The maximum absolute atomic E-state index is 13.0. The van der Waals surface area contributed by atoms with Crippen LogP contribution in [0, 0.1) is 6.92 Å². The Morgan fingerprint density at radius 1 is 0.973 bits per heavy atom. The SMILES string of the molecule is COc1ccc(Cl)c(-c2cc(C)c3nc(Nc4ccc(S(=O)(=O)N5CCN(C)CC5)cc4)nnc3c2)c1. The van der Waals surface area contributed by atoms with Crippen LogP contribution in [0.3, 0.4) is 0 Å². The number of sulfonamides is 1. The fourth-order valence-corrected chi connectivity index (χ4v) is 5.94. The van der Waals surface area contributed by atoms with E-state index in [1.807, 2.05) is 38.2 Å². The Bertz CT molecular complexity index is 1560. The zero-order valence-corrected chi connectivity index (χ0v) is 22.3. The zero-order chi connectivity index (χ0) is 26.2. The van der Waals surface area contributed by atoms with Gasteiger partial charge in [0.15, 0.2) is 0 Å². The molecule has 0 aliphatic carbocycles. The van der Waals surface area contributed by atoms with E-state index >= 15 is 0 Å². The Morgan fingerprint density at radius 2 is 1.70 bits per heavy atom. The average Bonchev–Trinajstić information content (AvgIpc) is 2.90. The number of ether oxygens (including phenoxy) is 1. The van der Waals surface area contributed by atoms with Crippen molar-refractivity contribution in [1.29, 1.82) is 0 Å². The molecule has 1 fully saturated rings. The summed E-state index contributed by atoms with van der Waals surface area (Å²) >= 11 is 6.44. The van der Waals surface area contributed by atoms with Crippen molar-refractivity contribution >= 4 is 44.3 Å². The van der Waals surface area contributed by atoms with Crippen molar-refractivity contribution in [3.8, 4) is 16.9 Å². The van der Waals surface area contributed by atoms with E-state index in [0.717, 1.165) is 29.8 Å². The maximum Gasteiger partial charge on any atom is 0.247 e. The topological polar surface area (TPSA) is 101 Å². The molecule has 0 radical (unpaired) electrons. The Morgan fingerprint density at radius 3 is 2.41 bits per heavy atom. The zero-order valence-electron chi connectivity index (χ0n) is 20.8. The predicted octanol–water partition coefficient (Wildman–Crippen LogP) is 4.34. The van der Waals surface area contributed by atoms with Gasteiger partial charge in [-0.25, -0.2) is 13.4 Å². The van der Waals surface area contributed by atoms with Crippen LogP contribution in [-0.2, 0) is 10.0 Å². The number of nitrogens with one attached hydrogen (secondary N) is 1. The average molecular weight is 539 g/mol. The molecule has 2 heterocycles. The number of fused-ring (bicyclic) bond motifs is 1. The lowest BCUT2D eigenvalue weighted by atomic mass is 10.0. The Hall–Kier alpha value is -3.31. The smallest absolute Gasteiger partial charge is 0.247 e. The van der Waals surface area contributed by atoms with Crippen molar-refractivity contribution in [3.63, 3.8) is 0 Å². The first-order valence-corrected chi connectivity index (χ1v) is 13.6. The number of halogens is 1. The molecule has 0 spiro atoms. The van der Waals surface area contributed by atoms with Crippen molar-refractivity contribution in [2.24, 2.45) is 0 Å². The second-order valence-electron chi connectivity index (χ2n) is 9.00. The molecule has 0 unspecified atom stereocenters. The third-order valence-corrected chi connectivity index (χ3v) is 8.69. The van der Waals surface area contributed by atoms with Gasteiger partial charge in [-0.2, -0.15) is 4.31 Å². The summed E-state index contributed by atoms with van der Waals surface area (Å²) in [4.78, 5) is 7.02. The number of rotatable bonds is 6. The molecule has 5 rings (SSSR count). The minimum atomic E-state index is -3.53. The van der Waals surface area contributed by atoms with Gasteiger partial charge >= 0.3 is 0 Å². The quantitative estimate of drug-likeness (QED) is 0.387. The molecule has 0 saturated carbocycles. The van der Waals surface area contributed by atoms with Crippen LogP contribution >= 0.6 is 11.6 Å². The fraction of sp³-hybridized carbons (Fsp3) is 0.269. The summed E-state index contributed by atoms with van der Waals surface area (Å²) in [7, 11) is 0.0785. The second-order valence-corrected chi connectivity index (χ2v) is 11.3. The molecule has 0 bridgehead atoms. The number of hydrogen-bond donors (Lipinski definition) is 1.